The van der Waals surface area contributed by atoms with E-state index >= 15 is 0 Å². The van der Waals surface area contributed by atoms with Gasteiger partial charge in [-0.05, 0) is 40.1 Å². The van der Waals surface area contributed by atoms with E-state index in [1.165, 1.54) is 6.07 Å². The zero-order valence-corrected chi connectivity index (χ0v) is 11.6. The van der Waals surface area contributed by atoms with Crippen LogP contribution in [0.3, 0.4) is 0 Å². The summed E-state index contributed by atoms with van der Waals surface area (Å²) in [5.74, 6) is 0. The highest BCUT2D eigenvalue weighted by Gasteiger charge is 2.18. The number of nitrogens with one attached hydrogen (secondary N) is 1. The normalized spacial score (nSPS) is 12.5. The summed E-state index contributed by atoms with van der Waals surface area (Å²) in [5.41, 5.74) is 0.412. The van der Waals surface area contributed by atoms with Crippen LogP contribution in [0.15, 0.2) is 18.2 Å². The average Bonchev–Trinajstić information content (AvgIpc) is 2.28. The van der Waals surface area contributed by atoms with Gasteiger partial charge in [0.15, 0.2) is 0 Å². The second-order valence-corrected chi connectivity index (χ2v) is 4.94. The molecule has 0 amide bonds. The molecule has 1 N–H and O–H groups in total. The quantitative estimate of drug-likeness (QED) is 0.638. The second-order valence-electron chi connectivity index (χ2n) is 4.53. The summed E-state index contributed by atoms with van der Waals surface area (Å²) in [6.07, 6.45) is 0.884. The van der Waals surface area contributed by atoms with Gasteiger partial charge in [-0.15, -0.1) is 0 Å². The van der Waals surface area contributed by atoms with Gasteiger partial charge in [0.25, 0.3) is 5.69 Å². The van der Waals surface area contributed by atoms with E-state index < -0.39 is 4.92 Å². The lowest BCUT2D eigenvalue weighted by molar-refractivity contribution is -0.384. The van der Waals surface area contributed by atoms with Crippen molar-refractivity contribution in [2.45, 2.75) is 19.4 Å². The molecule has 0 radical (unpaired) electrons. The summed E-state index contributed by atoms with van der Waals surface area (Å²) in [6, 6.07) is 4.80. The Morgan fingerprint density at radius 2 is 2.17 bits per heavy atom. The van der Waals surface area contributed by atoms with Gasteiger partial charge in [-0.25, -0.2) is 0 Å². The zero-order chi connectivity index (χ0) is 13.7. The number of nitro benzene ring substituents is 1. The molecule has 1 unspecified atom stereocenters. The van der Waals surface area contributed by atoms with E-state index in [0.29, 0.717) is 10.7 Å². The van der Waals surface area contributed by atoms with Crippen LogP contribution in [0.25, 0.3) is 0 Å². The molecule has 0 saturated heterocycles. The molecule has 0 fully saturated rings. The fourth-order valence-electron chi connectivity index (χ4n) is 1.58. The van der Waals surface area contributed by atoms with Gasteiger partial charge in [0.2, 0.25) is 0 Å². The first-order valence-corrected chi connectivity index (χ1v) is 6.13. The van der Waals surface area contributed by atoms with Gasteiger partial charge in [0.1, 0.15) is 5.69 Å². The Labute approximate surface area is 112 Å². The Balaban J connectivity index is 2.80. The SMILES string of the molecule is CC(CCN(C)C)Nc1c(Cl)cccc1[N+](=O)[O-]. The molecule has 0 aliphatic rings. The number of hydrogen-bond acceptors (Lipinski definition) is 4. The molecule has 0 spiro atoms. The molecular formula is C12H18ClN3O2. The lowest BCUT2D eigenvalue weighted by Gasteiger charge is -2.18. The van der Waals surface area contributed by atoms with Gasteiger partial charge in [-0.3, -0.25) is 10.1 Å². The number of nitrogens with zero attached hydrogens (tertiary/aromatic N) is 2. The van der Waals surface area contributed by atoms with E-state index in [-0.39, 0.29) is 11.7 Å². The standard InChI is InChI=1S/C12H18ClN3O2/c1-9(7-8-15(2)3)14-12-10(13)5-4-6-11(12)16(17)18/h4-6,9,14H,7-8H2,1-3H3. The highest BCUT2D eigenvalue weighted by atomic mass is 35.5. The number of para-hydroxylation sites is 1. The van der Waals surface area contributed by atoms with Gasteiger partial charge in [-0.1, -0.05) is 17.7 Å². The van der Waals surface area contributed by atoms with Crippen LogP contribution in [0.1, 0.15) is 13.3 Å². The smallest absolute Gasteiger partial charge is 0.293 e. The Morgan fingerprint density at radius 1 is 1.50 bits per heavy atom. The Hall–Kier alpha value is -1.33. The van der Waals surface area contributed by atoms with Crippen molar-refractivity contribution in [1.29, 1.82) is 0 Å². The van der Waals surface area contributed by atoms with Gasteiger partial charge in [0, 0.05) is 12.1 Å². The fourth-order valence-corrected chi connectivity index (χ4v) is 1.80. The third-order valence-electron chi connectivity index (χ3n) is 2.59. The van der Waals surface area contributed by atoms with Crippen molar-refractivity contribution in [2.75, 3.05) is 26.0 Å². The molecule has 6 heteroatoms. The molecule has 1 rings (SSSR count). The lowest BCUT2D eigenvalue weighted by Crippen LogP contribution is -2.23. The monoisotopic (exact) mass is 271 g/mol. The van der Waals surface area contributed by atoms with Gasteiger partial charge >= 0.3 is 0 Å². The van der Waals surface area contributed by atoms with Crippen LogP contribution in [0.4, 0.5) is 11.4 Å². The van der Waals surface area contributed by atoms with Crippen LogP contribution < -0.4 is 5.32 Å². The van der Waals surface area contributed by atoms with Crippen molar-refractivity contribution in [3.05, 3.63) is 33.3 Å². The molecule has 0 bridgehead atoms. The Kier molecular flexibility index (Phi) is 5.37. The summed E-state index contributed by atoms with van der Waals surface area (Å²) in [7, 11) is 3.98. The number of benzene rings is 1. The molecule has 1 atom stereocenters. The Bertz CT molecular complexity index is 424. The van der Waals surface area contributed by atoms with Crippen molar-refractivity contribution in [3.8, 4) is 0 Å². The van der Waals surface area contributed by atoms with Crippen molar-refractivity contribution in [2.24, 2.45) is 0 Å². The molecule has 0 heterocycles. The molecule has 18 heavy (non-hydrogen) atoms. The van der Waals surface area contributed by atoms with E-state index in [1.807, 2.05) is 21.0 Å². The minimum absolute atomic E-state index is 0.0132. The van der Waals surface area contributed by atoms with Gasteiger partial charge < -0.3 is 10.2 Å². The molecule has 1 aromatic rings. The molecule has 0 saturated carbocycles. The third-order valence-corrected chi connectivity index (χ3v) is 2.90. The van der Waals surface area contributed by atoms with E-state index in [2.05, 4.69) is 10.2 Å². The Morgan fingerprint density at radius 3 is 2.72 bits per heavy atom. The minimum Gasteiger partial charge on any atom is -0.376 e. The van der Waals surface area contributed by atoms with Crippen LogP contribution in [-0.4, -0.2) is 36.5 Å². The van der Waals surface area contributed by atoms with Crippen LogP contribution >= 0.6 is 11.6 Å². The van der Waals surface area contributed by atoms with Crippen molar-refractivity contribution < 1.29 is 4.92 Å². The predicted molar refractivity (Wildman–Crippen MR) is 74.4 cm³/mol. The maximum Gasteiger partial charge on any atom is 0.293 e. The summed E-state index contributed by atoms with van der Waals surface area (Å²) >= 11 is 6.00. The van der Waals surface area contributed by atoms with Gasteiger partial charge in [0.05, 0.1) is 9.95 Å². The second kappa shape index (κ2) is 6.56. The summed E-state index contributed by atoms with van der Waals surface area (Å²) in [5, 5.41) is 14.4. The van der Waals surface area contributed by atoms with E-state index in [0.717, 1.165) is 13.0 Å². The van der Waals surface area contributed by atoms with Crippen LogP contribution in [0.5, 0.6) is 0 Å². The van der Waals surface area contributed by atoms with Gasteiger partial charge in [-0.2, -0.15) is 0 Å². The number of anilines is 1. The highest BCUT2D eigenvalue weighted by molar-refractivity contribution is 6.33. The number of nitro groups is 1. The van der Waals surface area contributed by atoms with E-state index in [1.54, 1.807) is 12.1 Å². The van der Waals surface area contributed by atoms with Crippen LogP contribution in [-0.2, 0) is 0 Å². The fraction of sp³-hybridized carbons (Fsp3) is 0.500. The maximum atomic E-state index is 10.9. The van der Waals surface area contributed by atoms with E-state index in [4.69, 9.17) is 11.6 Å². The maximum absolute atomic E-state index is 10.9. The number of rotatable bonds is 6. The third kappa shape index (κ3) is 4.16. The lowest BCUT2D eigenvalue weighted by atomic mass is 10.2. The molecule has 0 aliphatic carbocycles. The topological polar surface area (TPSA) is 58.4 Å². The summed E-state index contributed by atoms with van der Waals surface area (Å²) in [4.78, 5) is 12.6. The average molecular weight is 272 g/mol. The summed E-state index contributed by atoms with van der Waals surface area (Å²) < 4.78 is 0. The zero-order valence-electron chi connectivity index (χ0n) is 10.8. The molecule has 0 aromatic heterocycles. The van der Waals surface area contributed by atoms with Crippen molar-refractivity contribution >= 4 is 23.0 Å². The number of hydrogen-bond donors (Lipinski definition) is 1. The van der Waals surface area contributed by atoms with Crippen molar-refractivity contribution in [3.63, 3.8) is 0 Å². The van der Waals surface area contributed by atoms with E-state index in [9.17, 15) is 10.1 Å². The molecule has 5 nitrogen and oxygen atoms in total. The highest BCUT2D eigenvalue weighted by Crippen LogP contribution is 2.32. The summed E-state index contributed by atoms with van der Waals surface area (Å²) in [6.45, 7) is 2.89. The molecule has 0 aliphatic heterocycles. The first-order chi connectivity index (χ1) is 8.41. The van der Waals surface area contributed by atoms with Crippen LogP contribution in [0.2, 0.25) is 5.02 Å². The molecular weight excluding hydrogens is 254 g/mol. The number of halogens is 1. The molecule has 100 valence electrons. The van der Waals surface area contributed by atoms with Crippen molar-refractivity contribution in [1.82, 2.24) is 4.90 Å². The first kappa shape index (κ1) is 14.7. The van der Waals surface area contributed by atoms with Crippen LogP contribution in [0, 0.1) is 10.1 Å². The minimum atomic E-state index is -0.424. The molecule has 1 aromatic carbocycles. The first-order valence-electron chi connectivity index (χ1n) is 5.76. The largest absolute Gasteiger partial charge is 0.376 e. The predicted octanol–water partition coefficient (Wildman–Crippen LogP) is 3.00.